The van der Waals surface area contributed by atoms with Crippen LogP contribution in [0.4, 0.5) is 5.69 Å². The van der Waals surface area contributed by atoms with Crippen molar-refractivity contribution in [2.45, 2.75) is 19.3 Å². The van der Waals surface area contributed by atoms with Crippen LogP contribution >= 0.6 is 0 Å². The highest BCUT2D eigenvalue weighted by Crippen LogP contribution is 2.28. The predicted molar refractivity (Wildman–Crippen MR) is 66.7 cm³/mol. The number of carbonyl (C=O) groups is 1. The molecule has 17 heavy (non-hydrogen) atoms. The van der Waals surface area contributed by atoms with Crippen molar-refractivity contribution in [3.05, 3.63) is 24.5 Å². The highest BCUT2D eigenvalue weighted by Gasteiger charge is 2.25. The Kier molecular flexibility index (Phi) is 2.35. The predicted octanol–water partition coefficient (Wildman–Crippen LogP) is 2.31. The van der Waals surface area contributed by atoms with E-state index in [2.05, 4.69) is 10.3 Å². The first kappa shape index (κ1) is 10.3. The van der Waals surface area contributed by atoms with E-state index in [1.165, 1.54) is 6.42 Å². The van der Waals surface area contributed by atoms with E-state index in [1.807, 2.05) is 29.8 Å². The van der Waals surface area contributed by atoms with Gasteiger partial charge in [-0.05, 0) is 31.0 Å². The Morgan fingerprint density at radius 1 is 1.47 bits per heavy atom. The van der Waals surface area contributed by atoms with Crippen molar-refractivity contribution in [2.24, 2.45) is 13.0 Å². The summed E-state index contributed by atoms with van der Waals surface area (Å²) in [6.45, 7) is 0. The summed E-state index contributed by atoms with van der Waals surface area (Å²) in [5, 5.41) is 2.96. The van der Waals surface area contributed by atoms with E-state index >= 15 is 0 Å². The summed E-state index contributed by atoms with van der Waals surface area (Å²) in [4.78, 5) is 16.1. The first-order valence-corrected chi connectivity index (χ1v) is 5.96. The summed E-state index contributed by atoms with van der Waals surface area (Å²) in [6, 6.07) is 5.84. The maximum atomic E-state index is 11.8. The lowest BCUT2D eigenvalue weighted by atomic mass is 9.85. The van der Waals surface area contributed by atoms with Gasteiger partial charge in [-0.3, -0.25) is 4.79 Å². The lowest BCUT2D eigenvalue weighted by molar-refractivity contribution is -0.122. The zero-order chi connectivity index (χ0) is 11.8. The standard InChI is InChI=1S/C13H15N3O/c1-16-8-14-11-7-10(5-6-12(11)16)15-13(17)9-3-2-4-9/h5-9H,2-4H2,1H3,(H,15,17). The maximum Gasteiger partial charge on any atom is 0.227 e. The molecule has 88 valence electrons. The second-order valence-electron chi connectivity index (χ2n) is 4.68. The molecule has 0 aliphatic heterocycles. The minimum atomic E-state index is 0.145. The molecule has 3 rings (SSSR count). The fourth-order valence-corrected chi connectivity index (χ4v) is 2.13. The van der Waals surface area contributed by atoms with Crippen molar-refractivity contribution in [1.29, 1.82) is 0 Å². The smallest absolute Gasteiger partial charge is 0.227 e. The zero-order valence-corrected chi connectivity index (χ0v) is 9.81. The quantitative estimate of drug-likeness (QED) is 0.859. The Hall–Kier alpha value is -1.84. The summed E-state index contributed by atoms with van der Waals surface area (Å²) in [7, 11) is 1.96. The molecule has 0 atom stereocenters. The van der Waals surface area contributed by atoms with E-state index in [0.29, 0.717) is 0 Å². The topological polar surface area (TPSA) is 46.9 Å². The molecule has 4 nitrogen and oxygen atoms in total. The first-order valence-electron chi connectivity index (χ1n) is 5.96. The van der Waals surface area contributed by atoms with Crippen molar-refractivity contribution in [3.8, 4) is 0 Å². The van der Waals surface area contributed by atoms with Gasteiger partial charge in [0.05, 0.1) is 17.4 Å². The molecule has 0 saturated heterocycles. The Balaban J connectivity index is 1.83. The maximum absolute atomic E-state index is 11.8. The normalized spacial score (nSPS) is 15.8. The number of imidazole rings is 1. The third kappa shape index (κ3) is 1.79. The van der Waals surface area contributed by atoms with Crippen LogP contribution in [0.25, 0.3) is 11.0 Å². The van der Waals surface area contributed by atoms with Gasteiger partial charge in [0, 0.05) is 18.7 Å². The fraction of sp³-hybridized carbons (Fsp3) is 0.385. The highest BCUT2D eigenvalue weighted by molar-refractivity contribution is 5.94. The van der Waals surface area contributed by atoms with Crippen molar-refractivity contribution >= 4 is 22.6 Å². The van der Waals surface area contributed by atoms with E-state index in [1.54, 1.807) is 6.33 Å². The molecule has 1 aliphatic rings. The van der Waals surface area contributed by atoms with Crippen LogP contribution in [0.3, 0.4) is 0 Å². The van der Waals surface area contributed by atoms with Crippen LogP contribution in [0.5, 0.6) is 0 Å². The molecular formula is C13H15N3O. The minimum absolute atomic E-state index is 0.145. The largest absolute Gasteiger partial charge is 0.334 e. The molecular weight excluding hydrogens is 214 g/mol. The Morgan fingerprint density at radius 3 is 3.00 bits per heavy atom. The number of nitrogens with one attached hydrogen (secondary N) is 1. The van der Waals surface area contributed by atoms with Gasteiger partial charge in [0.2, 0.25) is 5.91 Å². The summed E-state index contributed by atoms with van der Waals surface area (Å²) in [5.74, 6) is 0.362. The van der Waals surface area contributed by atoms with Gasteiger partial charge >= 0.3 is 0 Å². The third-order valence-electron chi connectivity index (χ3n) is 3.47. The number of hydrogen-bond acceptors (Lipinski definition) is 2. The number of aryl methyl sites for hydroxylation is 1. The highest BCUT2D eigenvalue weighted by atomic mass is 16.1. The van der Waals surface area contributed by atoms with Crippen LogP contribution in [0.2, 0.25) is 0 Å². The molecule has 1 heterocycles. The third-order valence-corrected chi connectivity index (χ3v) is 3.47. The molecule has 0 spiro atoms. The van der Waals surface area contributed by atoms with Crippen molar-refractivity contribution in [1.82, 2.24) is 9.55 Å². The molecule has 4 heteroatoms. The monoisotopic (exact) mass is 229 g/mol. The molecule has 2 aromatic rings. The molecule has 1 aliphatic carbocycles. The van der Waals surface area contributed by atoms with Gasteiger partial charge in [0.1, 0.15) is 0 Å². The second kappa shape index (κ2) is 3.87. The van der Waals surface area contributed by atoms with Gasteiger partial charge in [-0.1, -0.05) is 6.42 Å². The van der Waals surface area contributed by atoms with Gasteiger partial charge in [-0.15, -0.1) is 0 Å². The first-order chi connectivity index (χ1) is 8.24. The van der Waals surface area contributed by atoms with Crippen LogP contribution < -0.4 is 5.32 Å². The molecule has 1 N–H and O–H groups in total. The SMILES string of the molecule is Cn1cnc2cc(NC(=O)C3CCC3)ccc21. The Labute approximate surface area is 99.6 Å². The number of amides is 1. The van der Waals surface area contributed by atoms with E-state index < -0.39 is 0 Å². The van der Waals surface area contributed by atoms with Gasteiger partial charge < -0.3 is 9.88 Å². The molecule has 1 aromatic heterocycles. The van der Waals surface area contributed by atoms with Gasteiger partial charge in [0.15, 0.2) is 0 Å². The van der Waals surface area contributed by atoms with Crippen molar-refractivity contribution in [2.75, 3.05) is 5.32 Å². The van der Waals surface area contributed by atoms with E-state index in [4.69, 9.17) is 0 Å². The van der Waals surface area contributed by atoms with Crippen molar-refractivity contribution in [3.63, 3.8) is 0 Å². The molecule has 1 saturated carbocycles. The Bertz CT molecular complexity index is 569. The van der Waals surface area contributed by atoms with Crippen molar-refractivity contribution < 1.29 is 4.79 Å². The van der Waals surface area contributed by atoms with E-state index in [0.717, 1.165) is 29.6 Å². The number of benzene rings is 1. The summed E-state index contributed by atoms with van der Waals surface area (Å²) >= 11 is 0. The number of aromatic nitrogens is 2. The minimum Gasteiger partial charge on any atom is -0.334 e. The van der Waals surface area contributed by atoms with Crippen LogP contribution in [-0.4, -0.2) is 15.5 Å². The lowest BCUT2D eigenvalue weighted by Crippen LogP contribution is -2.27. The van der Waals surface area contributed by atoms with Gasteiger partial charge in [-0.2, -0.15) is 0 Å². The average Bonchev–Trinajstić information content (AvgIpc) is 2.57. The number of fused-ring (bicyclic) bond motifs is 1. The van der Waals surface area contributed by atoms with E-state index in [9.17, 15) is 4.79 Å². The van der Waals surface area contributed by atoms with Gasteiger partial charge in [0.25, 0.3) is 0 Å². The average molecular weight is 229 g/mol. The molecule has 1 fully saturated rings. The van der Waals surface area contributed by atoms with Gasteiger partial charge in [-0.25, -0.2) is 4.98 Å². The number of carbonyl (C=O) groups excluding carboxylic acids is 1. The van der Waals surface area contributed by atoms with Crippen LogP contribution in [0, 0.1) is 5.92 Å². The summed E-state index contributed by atoms with van der Waals surface area (Å²) in [5.41, 5.74) is 2.83. The van der Waals surface area contributed by atoms with Crippen LogP contribution in [0.1, 0.15) is 19.3 Å². The molecule has 0 radical (unpaired) electrons. The van der Waals surface area contributed by atoms with E-state index in [-0.39, 0.29) is 11.8 Å². The zero-order valence-electron chi connectivity index (χ0n) is 9.81. The lowest BCUT2D eigenvalue weighted by Gasteiger charge is -2.24. The summed E-state index contributed by atoms with van der Waals surface area (Å²) < 4.78 is 1.97. The van der Waals surface area contributed by atoms with Crippen LogP contribution in [0.15, 0.2) is 24.5 Å². The molecule has 1 aromatic carbocycles. The second-order valence-corrected chi connectivity index (χ2v) is 4.68. The Morgan fingerprint density at radius 2 is 2.29 bits per heavy atom. The number of nitrogens with zero attached hydrogens (tertiary/aromatic N) is 2. The number of anilines is 1. The van der Waals surface area contributed by atoms with Crippen LogP contribution in [-0.2, 0) is 11.8 Å². The fourth-order valence-electron chi connectivity index (χ4n) is 2.13. The number of rotatable bonds is 2. The molecule has 0 unspecified atom stereocenters. The molecule has 1 amide bonds. The molecule has 0 bridgehead atoms. The number of hydrogen-bond donors (Lipinski definition) is 1. The summed E-state index contributed by atoms with van der Waals surface area (Å²) in [6.07, 6.45) is 5.01.